The summed E-state index contributed by atoms with van der Waals surface area (Å²) in [5, 5.41) is 12.5. The molecule has 8 aromatic rings. The average Bonchev–Trinajstić information content (AvgIpc) is 3.06. The van der Waals surface area contributed by atoms with E-state index in [0.717, 1.165) is 11.1 Å². The lowest BCUT2D eigenvalue weighted by molar-refractivity contribution is 1.66. The summed E-state index contributed by atoms with van der Waals surface area (Å²) < 4.78 is 0. The summed E-state index contributed by atoms with van der Waals surface area (Å²) in [6.45, 7) is 8.19. The molecule has 8 rings (SSSR count). The molecule has 0 unspecified atom stereocenters. The van der Waals surface area contributed by atoms with E-state index >= 15 is 0 Å². The highest BCUT2D eigenvalue weighted by Crippen LogP contribution is 2.47. The van der Waals surface area contributed by atoms with Crippen LogP contribution in [0.1, 0.15) is 11.1 Å². The van der Waals surface area contributed by atoms with Crippen molar-refractivity contribution in [2.24, 2.45) is 0 Å². The third-order valence-electron chi connectivity index (χ3n) is 8.76. The van der Waals surface area contributed by atoms with Gasteiger partial charge in [0.2, 0.25) is 0 Å². The van der Waals surface area contributed by atoms with Crippen LogP contribution in [0.3, 0.4) is 0 Å². The van der Waals surface area contributed by atoms with Gasteiger partial charge in [0.05, 0.1) is 0 Å². The Morgan fingerprint density at radius 3 is 1.71 bits per heavy atom. The molecule has 0 spiro atoms. The average molecular weight is 533 g/mol. The Balaban J connectivity index is 1.56. The molecule has 0 saturated carbocycles. The van der Waals surface area contributed by atoms with Crippen molar-refractivity contribution in [3.8, 4) is 22.3 Å². The van der Waals surface area contributed by atoms with Crippen molar-refractivity contribution in [1.82, 2.24) is 0 Å². The van der Waals surface area contributed by atoms with Crippen molar-refractivity contribution >= 4 is 66.0 Å². The smallest absolute Gasteiger partial charge is 0.00141 e. The molecule has 0 saturated heterocycles. The monoisotopic (exact) mass is 532 g/mol. The lowest BCUT2D eigenvalue weighted by Gasteiger charge is -2.20. The third kappa shape index (κ3) is 3.62. The zero-order valence-electron chi connectivity index (χ0n) is 23.3. The second-order valence-corrected chi connectivity index (χ2v) is 11.0. The first-order chi connectivity index (χ1) is 20.7. The van der Waals surface area contributed by atoms with Crippen LogP contribution in [0, 0.1) is 0 Å². The summed E-state index contributed by atoms with van der Waals surface area (Å²) in [6, 6.07) is 48.9. The maximum Gasteiger partial charge on any atom is -0.00141 e. The SMILES string of the molecule is C=Cc1ccc2ccc(-c3c4ccccc4c(-c4ccc5ccccc5c4)c4c3ccc3ccccc34)cc2c1C=C. The fraction of sp³-hybridized carbons (Fsp3) is 0. The zero-order valence-corrected chi connectivity index (χ0v) is 23.3. The fourth-order valence-corrected chi connectivity index (χ4v) is 6.82. The lowest BCUT2D eigenvalue weighted by Crippen LogP contribution is -1.93. The first kappa shape index (κ1) is 24.3. The second kappa shape index (κ2) is 9.58. The van der Waals surface area contributed by atoms with Crippen molar-refractivity contribution in [3.63, 3.8) is 0 Å². The Kier molecular flexibility index (Phi) is 5.55. The molecule has 0 fully saturated rings. The largest absolute Gasteiger partial charge is 0.0984 e. The van der Waals surface area contributed by atoms with Gasteiger partial charge in [0.15, 0.2) is 0 Å². The summed E-state index contributed by atoms with van der Waals surface area (Å²) in [5.41, 5.74) is 7.21. The predicted octanol–water partition coefficient (Wildman–Crippen LogP) is 12.1. The molecule has 0 aliphatic heterocycles. The summed E-state index contributed by atoms with van der Waals surface area (Å²) in [5.74, 6) is 0. The number of rotatable bonds is 4. The van der Waals surface area contributed by atoms with Gasteiger partial charge in [-0.15, -0.1) is 0 Å². The molecule has 0 radical (unpaired) electrons. The maximum absolute atomic E-state index is 4.15. The van der Waals surface area contributed by atoms with Crippen molar-refractivity contribution < 1.29 is 0 Å². The van der Waals surface area contributed by atoms with E-state index in [1.807, 2.05) is 12.2 Å². The third-order valence-corrected chi connectivity index (χ3v) is 8.76. The molecule has 0 nitrogen and oxygen atoms in total. The van der Waals surface area contributed by atoms with Gasteiger partial charge in [0.1, 0.15) is 0 Å². The number of hydrogen-bond donors (Lipinski definition) is 0. The van der Waals surface area contributed by atoms with Crippen LogP contribution in [0.15, 0.2) is 147 Å². The Bertz CT molecular complexity index is 2390. The van der Waals surface area contributed by atoms with E-state index in [9.17, 15) is 0 Å². The van der Waals surface area contributed by atoms with Crippen LogP contribution < -0.4 is 0 Å². The Hall–Kier alpha value is -5.46. The van der Waals surface area contributed by atoms with Crippen molar-refractivity contribution in [3.05, 3.63) is 158 Å². The normalized spacial score (nSPS) is 11.5. The Morgan fingerprint density at radius 1 is 0.381 bits per heavy atom. The fourth-order valence-electron chi connectivity index (χ4n) is 6.82. The molecule has 196 valence electrons. The molecule has 0 N–H and O–H groups in total. The molecule has 0 atom stereocenters. The summed E-state index contributed by atoms with van der Waals surface area (Å²) in [4.78, 5) is 0. The van der Waals surface area contributed by atoms with E-state index < -0.39 is 0 Å². The summed E-state index contributed by atoms with van der Waals surface area (Å²) in [6.07, 6.45) is 3.87. The van der Waals surface area contributed by atoms with Crippen LogP contribution >= 0.6 is 0 Å². The van der Waals surface area contributed by atoms with Gasteiger partial charge in [0, 0.05) is 0 Å². The highest BCUT2D eigenvalue weighted by Gasteiger charge is 2.19. The first-order valence-corrected chi connectivity index (χ1v) is 14.4. The van der Waals surface area contributed by atoms with E-state index in [1.54, 1.807) is 0 Å². The van der Waals surface area contributed by atoms with Crippen LogP contribution in [0.2, 0.25) is 0 Å². The standard InChI is InChI=1S/C42H28/c1-3-27-17-19-30-20-22-33(26-39(30)34(27)4-2)40-36-15-9-10-16-37(36)41(32-21-18-28-11-5-6-13-31(28)25-32)42-35-14-8-7-12-29(35)23-24-38(40)42/h3-26H,1-2H2. The van der Waals surface area contributed by atoms with Crippen molar-refractivity contribution in [2.45, 2.75) is 0 Å². The van der Waals surface area contributed by atoms with Gasteiger partial charge in [-0.25, -0.2) is 0 Å². The molecular weight excluding hydrogens is 504 g/mol. The summed E-state index contributed by atoms with van der Waals surface area (Å²) in [7, 11) is 0. The van der Waals surface area contributed by atoms with Crippen LogP contribution in [0.4, 0.5) is 0 Å². The summed E-state index contributed by atoms with van der Waals surface area (Å²) >= 11 is 0. The molecule has 0 heteroatoms. The molecule has 0 heterocycles. The van der Waals surface area contributed by atoms with Gasteiger partial charge >= 0.3 is 0 Å². The van der Waals surface area contributed by atoms with E-state index in [-0.39, 0.29) is 0 Å². The topological polar surface area (TPSA) is 0 Å². The molecule has 0 amide bonds. The number of hydrogen-bond acceptors (Lipinski definition) is 0. The minimum atomic E-state index is 1.10. The molecule has 0 bridgehead atoms. The molecule has 42 heavy (non-hydrogen) atoms. The Labute approximate surface area is 245 Å². The van der Waals surface area contributed by atoms with E-state index in [4.69, 9.17) is 0 Å². The molecule has 0 aromatic heterocycles. The van der Waals surface area contributed by atoms with Gasteiger partial charge in [-0.3, -0.25) is 0 Å². The molecule has 8 aromatic carbocycles. The van der Waals surface area contributed by atoms with Crippen LogP contribution in [0.5, 0.6) is 0 Å². The minimum absolute atomic E-state index is 1.10. The highest BCUT2D eigenvalue weighted by atomic mass is 14.2. The molecular formula is C42H28. The number of fused-ring (bicyclic) bond motifs is 6. The van der Waals surface area contributed by atoms with Gasteiger partial charge in [-0.2, -0.15) is 0 Å². The maximum atomic E-state index is 4.15. The van der Waals surface area contributed by atoms with Gasteiger partial charge in [0.25, 0.3) is 0 Å². The van der Waals surface area contributed by atoms with Gasteiger partial charge in [-0.1, -0.05) is 147 Å². The van der Waals surface area contributed by atoms with Crippen molar-refractivity contribution in [2.75, 3.05) is 0 Å². The quantitative estimate of drug-likeness (QED) is 0.156. The molecule has 0 aliphatic carbocycles. The van der Waals surface area contributed by atoms with Crippen molar-refractivity contribution in [1.29, 1.82) is 0 Å². The predicted molar refractivity (Wildman–Crippen MR) is 185 cm³/mol. The van der Waals surface area contributed by atoms with E-state index in [1.165, 1.54) is 76.1 Å². The van der Waals surface area contributed by atoms with Crippen LogP contribution in [-0.2, 0) is 0 Å². The zero-order chi connectivity index (χ0) is 28.2. The minimum Gasteiger partial charge on any atom is -0.0984 e. The van der Waals surface area contributed by atoms with E-state index in [2.05, 4.69) is 147 Å². The lowest BCUT2D eigenvalue weighted by atomic mass is 9.83. The highest BCUT2D eigenvalue weighted by molar-refractivity contribution is 6.28. The second-order valence-electron chi connectivity index (χ2n) is 11.0. The Morgan fingerprint density at radius 2 is 0.952 bits per heavy atom. The van der Waals surface area contributed by atoms with Gasteiger partial charge < -0.3 is 0 Å². The van der Waals surface area contributed by atoms with Gasteiger partial charge in [-0.05, 0) is 99.4 Å². The first-order valence-electron chi connectivity index (χ1n) is 14.4. The number of benzene rings is 8. The molecule has 0 aliphatic rings. The van der Waals surface area contributed by atoms with Crippen LogP contribution in [0.25, 0.3) is 88.3 Å². The van der Waals surface area contributed by atoms with Crippen LogP contribution in [-0.4, -0.2) is 0 Å². The van der Waals surface area contributed by atoms with E-state index in [0.29, 0.717) is 0 Å².